The van der Waals surface area contributed by atoms with Crippen LogP contribution in [0.25, 0.3) is 0 Å². The Labute approximate surface area is 121 Å². The molecule has 0 saturated heterocycles. The Hall–Kier alpha value is -1.45. The topological polar surface area (TPSA) is 37.3 Å². The van der Waals surface area contributed by atoms with E-state index < -0.39 is 5.97 Å². The van der Waals surface area contributed by atoms with Crippen LogP contribution in [0.5, 0.6) is 0 Å². The maximum absolute atomic E-state index is 10.9. The largest absolute Gasteiger partial charge is 0.481 e. The van der Waals surface area contributed by atoms with Crippen molar-refractivity contribution in [3.63, 3.8) is 0 Å². The number of hydrogen-bond donors (Lipinski definition) is 1. The molecule has 0 unspecified atom stereocenters. The first kappa shape index (κ1) is 14.0. The molecule has 0 aliphatic heterocycles. The minimum Gasteiger partial charge on any atom is -0.481 e. The van der Waals surface area contributed by atoms with Crippen molar-refractivity contribution in [2.24, 2.45) is 0 Å². The molecule has 0 heterocycles. The summed E-state index contributed by atoms with van der Waals surface area (Å²) in [5.74, 6) is -0.507. The monoisotopic (exact) mass is 292 g/mol. The van der Waals surface area contributed by atoms with Gasteiger partial charge in [-0.05, 0) is 35.4 Å². The van der Waals surface area contributed by atoms with Crippen molar-refractivity contribution in [1.29, 1.82) is 0 Å². The first-order valence-electron chi connectivity index (χ1n) is 5.81. The lowest BCUT2D eigenvalue weighted by Gasteiger charge is -2.08. The van der Waals surface area contributed by atoms with Crippen LogP contribution < -0.4 is 0 Å². The Balaban J connectivity index is 2.25. The van der Waals surface area contributed by atoms with Gasteiger partial charge < -0.3 is 5.11 Å². The van der Waals surface area contributed by atoms with E-state index in [1.54, 1.807) is 11.8 Å². The Morgan fingerprint density at radius 2 is 1.79 bits per heavy atom. The molecule has 0 radical (unpaired) electrons. The number of carboxylic acid groups (broad SMARTS) is 1. The van der Waals surface area contributed by atoms with E-state index >= 15 is 0 Å². The fourth-order valence-corrected chi connectivity index (χ4v) is 2.91. The molecule has 0 aliphatic carbocycles. The molecule has 0 spiro atoms. The number of rotatable bonds is 5. The van der Waals surface area contributed by atoms with Crippen LogP contribution in [-0.2, 0) is 17.1 Å². The molecule has 0 aromatic heterocycles. The lowest BCUT2D eigenvalue weighted by molar-refractivity contribution is -0.136. The fourth-order valence-electron chi connectivity index (χ4n) is 1.75. The van der Waals surface area contributed by atoms with Gasteiger partial charge in [-0.2, -0.15) is 0 Å². The molecular formula is C15H13ClO2S. The molecule has 0 bridgehead atoms. The molecule has 19 heavy (non-hydrogen) atoms. The SMILES string of the molecule is O=C(O)Cc1cc(Sc2ccccc2)ccc1CCl. The minimum absolute atomic E-state index is 0.00520. The van der Waals surface area contributed by atoms with E-state index in [0.717, 1.165) is 20.9 Å². The van der Waals surface area contributed by atoms with Crippen molar-refractivity contribution in [3.8, 4) is 0 Å². The van der Waals surface area contributed by atoms with Gasteiger partial charge in [-0.1, -0.05) is 36.0 Å². The van der Waals surface area contributed by atoms with E-state index in [-0.39, 0.29) is 6.42 Å². The Morgan fingerprint density at radius 3 is 2.42 bits per heavy atom. The highest BCUT2D eigenvalue weighted by Gasteiger charge is 2.08. The van der Waals surface area contributed by atoms with Gasteiger partial charge in [-0.15, -0.1) is 11.6 Å². The number of carbonyl (C=O) groups is 1. The van der Waals surface area contributed by atoms with Crippen LogP contribution in [0, 0.1) is 0 Å². The highest BCUT2D eigenvalue weighted by atomic mass is 35.5. The third-order valence-electron chi connectivity index (χ3n) is 2.64. The summed E-state index contributed by atoms with van der Waals surface area (Å²) in [5.41, 5.74) is 1.66. The summed E-state index contributed by atoms with van der Waals surface area (Å²) in [4.78, 5) is 13.0. The van der Waals surface area contributed by atoms with Crippen molar-refractivity contribution in [3.05, 3.63) is 59.7 Å². The normalized spacial score (nSPS) is 10.4. The van der Waals surface area contributed by atoms with Gasteiger partial charge in [-0.25, -0.2) is 0 Å². The van der Waals surface area contributed by atoms with Gasteiger partial charge in [0.2, 0.25) is 0 Å². The summed E-state index contributed by atoms with van der Waals surface area (Å²) in [6, 6.07) is 15.8. The summed E-state index contributed by atoms with van der Waals surface area (Å²) >= 11 is 7.44. The van der Waals surface area contributed by atoms with Crippen LogP contribution >= 0.6 is 23.4 Å². The van der Waals surface area contributed by atoms with E-state index in [1.807, 2.05) is 48.5 Å². The molecule has 0 saturated carbocycles. The molecule has 2 rings (SSSR count). The van der Waals surface area contributed by atoms with Crippen LogP contribution in [0.15, 0.2) is 58.3 Å². The van der Waals surface area contributed by atoms with Crippen molar-refractivity contribution in [2.45, 2.75) is 22.1 Å². The zero-order valence-corrected chi connectivity index (χ0v) is 11.7. The Kier molecular flexibility index (Phi) is 4.88. The fraction of sp³-hybridized carbons (Fsp3) is 0.133. The van der Waals surface area contributed by atoms with E-state index in [9.17, 15) is 4.79 Å². The molecule has 4 heteroatoms. The van der Waals surface area contributed by atoms with Crippen molar-refractivity contribution < 1.29 is 9.90 Å². The zero-order valence-electron chi connectivity index (χ0n) is 10.2. The van der Waals surface area contributed by atoms with Gasteiger partial charge in [0.05, 0.1) is 6.42 Å². The van der Waals surface area contributed by atoms with Crippen molar-refractivity contribution in [1.82, 2.24) is 0 Å². The molecule has 98 valence electrons. The molecule has 2 aromatic carbocycles. The number of halogens is 1. The molecule has 0 amide bonds. The summed E-state index contributed by atoms with van der Waals surface area (Å²) in [6.45, 7) is 0. The van der Waals surface area contributed by atoms with Crippen molar-refractivity contribution >= 4 is 29.3 Å². The predicted octanol–water partition coefficient (Wildman–Crippen LogP) is 4.20. The van der Waals surface area contributed by atoms with Crippen LogP contribution in [-0.4, -0.2) is 11.1 Å². The second-order valence-corrected chi connectivity index (χ2v) is 5.46. The molecule has 2 aromatic rings. The van der Waals surface area contributed by atoms with Gasteiger partial charge in [0.1, 0.15) is 0 Å². The number of aliphatic carboxylic acids is 1. The van der Waals surface area contributed by atoms with Crippen LogP contribution in [0.2, 0.25) is 0 Å². The standard InChI is InChI=1S/C15H13ClO2S/c16-10-11-6-7-14(8-12(11)9-15(17)18)19-13-4-2-1-3-5-13/h1-8H,9-10H2,(H,17,18). The Morgan fingerprint density at radius 1 is 1.05 bits per heavy atom. The van der Waals surface area contributed by atoms with Gasteiger partial charge in [0.15, 0.2) is 0 Å². The smallest absolute Gasteiger partial charge is 0.307 e. The number of alkyl halides is 1. The molecule has 2 nitrogen and oxygen atoms in total. The first-order valence-corrected chi connectivity index (χ1v) is 7.16. The molecule has 0 fully saturated rings. The van der Waals surface area contributed by atoms with Crippen molar-refractivity contribution in [2.75, 3.05) is 0 Å². The molecule has 1 N–H and O–H groups in total. The maximum Gasteiger partial charge on any atom is 0.307 e. The average molecular weight is 293 g/mol. The van der Waals surface area contributed by atoms with Crippen LogP contribution in [0.4, 0.5) is 0 Å². The summed E-state index contributed by atoms with van der Waals surface area (Å²) in [6.07, 6.45) is 0.00520. The molecule has 0 aliphatic rings. The van der Waals surface area contributed by atoms with Gasteiger partial charge in [0.25, 0.3) is 0 Å². The zero-order chi connectivity index (χ0) is 13.7. The minimum atomic E-state index is -0.840. The Bertz CT molecular complexity index is 570. The second kappa shape index (κ2) is 6.64. The van der Waals surface area contributed by atoms with E-state index in [1.165, 1.54) is 0 Å². The number of benzene rings is 2. The predicted molar refractivity (Wildman–Crippen MR) is 77.9 cm³/mol. The summed E-state index contributed by atoms with van der Waals surface area (Å²) < 4.78 is 0. The lowest BCUT2D eigenvalue weighted by Crippen LogP contribution is -2.03. The van der Waals surface area contributed by atoms with E-state index in [2.05, 4.69) is 0 Å². The number of hydrogen-bond acceptors (Lipinski definition) is 2. The maximum atomic E-state index is 10.9. The third-order valence-corrected chi connectivity index (χ3v) is 3.93. The highest BCUT2D eigenvalue weighted by Crippen LogP contribution is 2.29. The van der Waals surface area contributed by atoms with Crippen LogP contribution in [0.1, 0.15) is 11.1 Å². The first-order chi connectivity index (χ1) is 9.19. The lowest BCUT2D eigenvalue weighted by atomic mass is 10.1. The molecule has 0 atom stereocenters. The van der Waals surface area contributed by atoms with Gasteiger partial charge in [-0.3, -0.25) is 4.79 Å². The average Bonchev–Trinajstić information content (AvgIpc) is 2.39. The van der Waals surface area contributed by atoms with Gasteiger partial charge >= 0.3 is 5.97 Å². The second-order valence-electron chi connectivity index (χ2n) is 4.05. The summed E-state index contributed by atoms with van der Waals surface area (Å²) in [5, 5.41) is 8.92. The number of carboxylic acids is 1. The van der Waals surface area contributed by atoms with E-state index in [4.69, 9.17) is 16.7 Å². The van der Waals surface area contributed by atoms with Crippen LogP contribution in [0.3, 0.4) is 0 Å². The summed E-state index contributed by atoms with van der Waals surface area (Å²) in [7, 11) is 0. The van der Waals surface area contributed by atoms with Gasteiger partial charge in [0, 0.05) is 15.7 Å². The quantitative estimate of drug-likeness (QED) is 0.839. The molecular weight excluding hydrogens is 280 g/mol. The third kappa shape index (κ3) is 4.01. The van der Waals surface area contributed by atoms with E-state index in [0.29, 0.717) is 5.88 Å². The highest BCUT2D eigenvalue weighted by molar-refractivity contribution is 7.99.